The number of hydrogen-bond donors (Lipinski definition) is 0. The summed E-state index contributed by atoms with van der Waals surface area (Å²) in [5.41, 5.74) is 4.07. The topological polar surface area (TPSA) is 30.7 Å². The molecule has 0 N–H and O–H groups in total. The first kappa shape index (κ1) is 14.4. The number of rotatable bonds is 4. The van der Waals surface area contributed by atoms with Gasteiger partial charge >= 0.3 is 0 Å². The van der Waals surface area contributed by atoms with Crippen molar-refractivity contribution in [1.29, 1.82) is 0 Å². The summed E-state index contributed by atoms with van der Waals surface area (Å²) >= 11 is 0. The quantitative estimate of drug-likeness (QED) is 0.714. The van der Waals surface area contributed by atoms with Crippen molar-refractivity contribution in [2.24, 2.45) is 5.92 Å². The lowest BCUT2D eigenvalue weighted by Crippen LogP contribution is -2.07. The lowest BCUT2D eigenvalue weighted by molar-refractivity contribution is 0.487. The lowest BCUT2D eigenvalue weighted by atomic mass is 10.0. The molecule has 0 spiro atoms. The second kappa shape index (κ2) is 6.10. The second-order valence-electron chi connectivity index (χ2n) is 5.73. The van der Waals surface area contributed by atoms with E-state index in [9.17, 15) is 4.39 Å². The zero-order chi connectivity index (χ0) is 15.5. The van der Waals surface area contributed by atoms with Crippen LogP contribution in [0, 0.1) is 11.7 Å². The molecule has 0 saturated carbocycles. The van der Waals surface area contributed by atoms with Crippen molar-refractivity contribution in [3.8, 4) is 22.4 Å². The third-order valence-electron chi connectivity index (χ3n) is 3.49. The van der Waals surface area contributed by atoms with Crippen LogP contribution in [0.3, 0.4) is 0 Å². The maximum atomic E-state index is 13.2. The van der Waals surface area contributed by atoms with E-state index in [-0.39, 0.29) is 5.82 Å². The van der Waals surface area contributed by atoms with E-state index < -0.39 is 0 Å². The predicted molar refractivity (Wildman–Crippen MR) is 85.7 cm³/mol. The lowest BCUT2D eigenvalue weighted by Gasteiger charge is -2.12. The van der Waals surface area contributed by atoms with Crippen LogP contribution in [-0.2, 0) is 6.54 Å². The molecule has 3 rings (SSSR count). The largest absolute Gasteiger partial charge is 0.265 e. The van der Waals surface area contributed by atoms with Crippen molar-refractivity contribution < 1.29 is 4.39 Å². The maximum absolute atomic E-state index is 13.2. The van der Waals surface area contributed by atoms with Gasteiger partial charge in [0.25, 0.3) is 0 Å². The van der Waals surface area contributed by atoms with Crippen molar-refractivity contribution in [3.63, 3.8) is 0 Å². The summed E-state index contributed by atoms with van der Waals surface area (Å²) in [5, 5.41) is 4.53. The van der Waals surface area contributed by atoms with Gasteiger partial charge in [-0.15, -0.1) is 0 Å². The molecule has 0 fully saturated rings. The average molecular weight is 295 g/mol. The van der Waals surface area contributed by atoms with Crippen LogP contribution in [-0.4, -0.2) is 14.8 Å². The van der Waals surface area contributed by atoms with E-state index in [1.807, 2.05) is 23.0 Å². The van der Waals surface area contributed by atoms with Crippen LogP contribution in [0.5, 0.6) is 0 Å². The zero-order valence-corrected chi connectivity index (χ0v) is 12.7. The van der Waals surface area contributed by atoms with Crippen LogP contribution in [0.2, 0.25) is 0 Å². The molecule has 112 valence electrons. The van der Waals surface area contributed by atoms with E-state index in [0.29, 0.717) is 5.92 Å². The van der Waals surface area contributed by atoms with Gasteiger partial charge in [-0.25, -0.2) is 4.39 Å². The van der Waals surface area contributed by atoms with Gasteiger partial charge in [0.05, 0.1) is 11.9 Å². The molecule has 3 nitrogen and oxygen atoms in total. The van der Waals surface area contributed by atoms with Gasteiger partial charge in [-0.2, -0.15) is 5.10 Å². The van der Waals surface area contributed by atoms with Gasteiger partial charge in [-0.05, 0) is 47.9 Å². The van der Waals surface area contributed by atoms with Crippen LogP contribution >= 0.6 is 0 Å². The molecule has 0 bridgehead atoms. The highest BCUT2D eigenvalue weighted by atomic mass is 19.1. The van der Waals surface area contributed by atoms with Crippen LogP contribution in [0.1, 0.15) is 13.8 Å². The fourth-order valence-electron chi connectivity index (χ4n) is 2.52. The van der Waals surface area contributed by atoms with Gasteiger partial charge in [-0.1, -0.05) is 13.8 Å². The van der Waals surface area contributed by atoms with E-state index in [4.69, 9.17) is 0 Å². The standard InChI is InChI=1S/C18H18FN3/c1-13(2)12-22-18(15-3-5-16(19)6-4-15)17(11-21-22)14-7-9-20-10-8-14/h3-11,13H,12H2,1-2H3. The maximum Gasteiger partial charge on any atom is 0.123 e. The summed E-state index contributed by atoms with van der Waals surface area (Å²) in [6.45, 7) is 5.13. The Kier molecular flexibility index (Phi) is 4.00. The molecule has 0 radical (unpaired) electrons. The molecular formula is C18H18FN3. The van der Waals surface area contributed by atoms with Crippen molar-refractivity contribution in [2.75, 3.05) is 0 Å². The molecule has 0 saturated heterocycles. The summed E-state index contributed by atoms with van der Waals surface area (Å²) in [6.07, 6.45) is 5.41. The van der Waals surface area contributed by atoms with Crippen molar-refractivity contribution in [2.45, 2.75) is 20.4 Å². The molecule has 3 aromatic rings. The Labute approximate surface area is 129 Å². The molecule has 22 heavy (non-hydrogen) atoms. The highest BCUT2D eigenvalue weighted by Crippen LogP contribution is 2.32. The number of hydrogen-bond acceptors (Lipinski definition) is 2. The Morgan fingerprint density at radius 2 is 1.68 bits per heavy atom. The third kappa shape index (κ3) is 2.91. The van der Waals surface area contributed by atoms with E-state index >= 15 is 0 Å². The second-order valence-corrected chi connectivity index (χ2v) is 5.73. The average Bonchev–Trinajstić information content (AvgIpc) is 2.92. The normalized spacial score (nSPS) is 11.1. The minimum absolute atomic E-state index is 0.232. The third-order valence-corrected chi connectivity index (χ3v) is 3.49. The molecule has 0 aliphatic rings. The first-order valence-corrected chi connectivity index (χ1v) is 7.37. The SMILES string of the molecule is CC(C)Cn1ncc(-c2ccncc2)c1-c1ccc(F)cc1. The first-order chi connectivity index (χ1) is 10.6. The van der Waals surface area contributed by atoms with Gasteiger partial charge < -0.3 is 0 Å². The van der Waals surface area contributed by atoms with Gasteiger partial charge in [0.15, 0.2) is 0 Å². The van der Waals surface area contributed by atoms with Crippen LogP contribution in [0.15, 0.2) is 55.0 Å². The van der Waals surface area contributed by atoms with E-state index in [2.05, 4.69) is 23.9 Å². The van der Waals surface area contributed by atoms with Crippen LogP contribution in [0.25, 0.3) is 22.4 Å². The molecule has 2 heterocycles. The number of nitrogens with zero attached hydrogens (tertiary/aromatic N) is 3. The summed E-state index contributed by atoms with van der Waals surface area (Å²) in [7, 11) is 0. The van der Waals surface area contributed by atoms with Crippen LogP contribution in [0.4, 0.5) is 4.39 Å². The highest BCUT2D eigenvalue weighted by molar-refractivity contribution is 5.80. The zero-order valence-electron chi connectivity index (χ0n) is 12.7. The van der Waals surface area contributed by atoms with Crippen molar-refractivity contribution in [1.82, 2.24) is 14.8 Å². The minimum atomic E-state index is -0.232. The molecule has 0 amide bonds. The Morgan fingerprint density at radius 1 is 1.00 bits per heavy atom. The summed E-state index contributed by atoms with van der Waals surface area (Å²) in [6, 6.07) is 10.5. The molecule has 0 atom stereocenters. The smallest absolute Gasteiger partial charge is 0.123 e. The number of benzene rings is 1. The van der Waals surface area contributed by atoms with Gasteiger partial charge in [0, 0.05) is 30.1 Å². The number of pyridine rings is 1. The monoisotopic (exact) mass is 295 g/mol. The summed E-state index contributed by atoms with van der Waals surface area (Å²) in [4.78, 5) is 4.06. The molecule has 1 aromatic carbocycles. The molecule has 2 aromatic heterocycles. The van der Waals surface area contributed by atoms with Crippen molar-refractivity contribution in [3.05, 3.63) is 60.8 Å². The van der Waals surface area contributed by atoms with Crippen molar-refractivity contribution >= 4 is 0 Å². The summed E-state index contributed by atoms with van der Waals surface area (Å²) in [5.74, 6) is 0.244. The first-order valence-electron chi connectivity index (χ1n) is 7.37. The number of aromatic nitrogens is 3. The Morgan fingerprint density at radius 3 is 2.32 bits per heavy atom. The summed E-state index contributed by atoms with van der Waals surface area (Å²) < 4.78 is 15.2. The van der Waals surface area contributed by atoms with Gasteiger partial charge in [0.2, 0.25) is 0 Å². The minimum Gasteiger partial charge on any atom is -0.265 e. The Bertz CT molecular complexity index is 746. The van der Waals surface area contributed by atoms with Gasteiger partial charge in [0.1, 0.15) is 5.82 Å². The van der Waals surface area contributed by atoms with E-state index in [1.54, 1.807) is 24.5 Å². The highest BCUT2D eigenvalue weighted by Gasteiger charge is 2.15. The van der Waals surface area contributed by atoms with E-state index in [1.165, 1.54) is 12.1 Å². The molecule has 0 aliphatic carbocycles. The molecular weight excluding hydrogens is 277 g/mol. The van der Waals surface area contributed by atoms with Gasteiger partial charge in [-0.3, -0.25) is 9.67 Å². The fraction of sp³-hybridized carbons (Fsp3) is 0.222. The molecule has 0 aliphatic heterocycles. The number of halogens is 1. The van der Waals surface area contributed by atoms with Crippen LogP contribution < -0.4 is 0 Å². The fourth-order valence-corrected chi connectivity index (χ4v) is 2.52. The Hall–Kier alpha value is -2.49. The predicted octanol–water partition coefficient (Wildman–Crippen LogP) is 4.41. The molecule has 0 unspecified atom stereocenters. The molecule has 4 heteroatoms. The van der Waals surface area contributed by atoms with E-state index in [0.717, 1.165) is 28.9 Å². The Balaban J connectivity index is 2.15.